The fourth-order valence-corrected chi connectivity index (χ4v) is 10.4. The van der Waals surface area contributed by atoms with Crippen molar-refractivity contribution in [2.75, 3.05) is 45.9 Å². The lowest BCUT2D eigenvalue weighted by atomic mass is 10.0. The van der Waals surface area contributed by atoms with Gasteiger partial charge in [0.05, 0.1) is 13.2 Å². The molecule has 1 aromatic rings. The zero-order chi connectivity index (χ0) is 77.5. The zero-order valence-corrected chi connectivity index (χ0v) is 58.2. The van der Waals surface area contributed by atoms with E-state index in [4.69, 9.17) is 51.6 Å². The van der Waals surface area contributed by atoms with Crippen LogP contribution in [0.1, 0.15) is 129 Å². The molecule has 41 heteroatoms. The van der Waals surface area contributed by atoms with Crippen LogP contribution >= 0.6 is 0 Å². The summed E-state index contributed by atoms with van der Waals surface area (Å²) >= 11 is 0. The van der Waals surface area contributed by atoms with Gasteiger partial charge in [0.15, 0.2) is 11.9 Å². The van der Waals surface area contributed by atoms with Gasteiger partial charge in [0.1, 0.15) is 78.3 Å². The molecule has 0 aromatic heterocycles. The van der Waals surface area contributed by atoms with E-state index >= 15 is 0 Å². The Kier molecular flexibility index (Phi) is 40.2. The number of amides is 15. The van der Waals surface area contributed by atoms with Gasteiger partial charge >= 0.3 is 0 Å². The summed E-state index contributed by atoms with van der Waals surface area (Å²) in [6, 6.07) is -12.2. The number of aliphatic hydroxyl groups excluding tert-OH is 2. The Morgan fingerprint density at radius 2 is 0.816 bits per heavy atom. The van der Waals surface area contributed by atoms with Crippen LogP contribution in [0.4, 0.5) is 0 Å². The predicted octanol–water partition coefficient (Wildman–Crippen LogP) is -10.3. The van der Waals surface area contributed by atoms with Crippen molar-refractivity contribution < 1.29 is 87.2 Å². The van der Waals surface area contributed by atoms with Crippen molar-refractivity contribution in [3.63, 3.8) is 0 Å². The van der Waals surface area contributed by atoms with Gasteiger partial charge in [-0.25, -0.2) is 0 Å². The maximum Gasteiger partial charge on any atom is 0.245 e. The molecule has 12 unspecified atom stereocenters. The second-order valence-corrected chi connectivity index (χ2v) is 24.5. The van der Waals surface area contributed by atoms with Crippen LogP contribution in [0.5, 0.6) is 5.75 Å². The summed E-state index contributed by atoms with van der Waals surface area (Å²) in [4.78, 5) is 211. The first kappa shape index (κ1) is 88.5. The van der Waals surface area contributed by atoms with Crippen LogP contribution in [0.15, 0.2) is 34.3 Å². The van der Waals surface area contributed by atoms with Gasteiger partial charge in [-0.3, -0.25) is 81.9 Å². The minimum absolute atomic E-state index is 0.0288. The molecular weight excluding hydrogens is 1350 g/mol. The molecule has 0 spiro atoms. The average Bonchev–Trinajstić information content (AvgIpc) is 1.75. The minimum atomic E-state index is -1.89. The van der Waals surface area contributed by atoms with E-state index in [2.05, 4.69) is 68.5 Å². The molecule has 0 aliphatic carbocycles. The first-order valence-corrected chi connectivity index (χ1v) is 33.6. The number of unbranched alkanes of at least 4 members (excludes halogenated alkanes) is 2. The second-order valence-electron chi connectivity index (χ2n) is 24.5. The number of benzene rings is 1. The van der Waals surface area contributed by atoms with Crippen molar-refractivity contribution in [2.45, 2.75) is 202 Å². The Morgan fingerprint density at radius 1 is 0.456 bits per heavy atom. The predicted molar refractivity (Wildman–Crippen MR) is 371 cm³/mol. The van der Waals surface area contributed by atoms with E-state index in [0.717, 1.165) is 4.90 Å². The second kappa shape index (κ2) is 46.8. The summed E-state index contributed by atoms with van der Waals surface area (Å²) in [5.41, 5.74) is 50.5. The number of hydrogen-bond acceptors (Lipinski definition) is 22. The number of guanidine groups is 2. The van der Waals surface area contributed by atoms with Crippen LogP contribution in [-0.4, -0.2) is 239 Å². The number of aliphatic hydroxyl groups is 2. The van der Waals surface area contributed by atoms with Crippen LogP contribution in [0.3, 0.4) is 0 Å². The smallest absolute Gasteiger partial charge is 0.245 e. The van der Waals surface area contributed by atoms with Crippen molar-refractivity contribution in [1.29, 1.82) is 0 Å². The van der Waals surface area contributed by atoms with Gasteiger partial charge in [0.25, 0.3) is 0 Å². The van der Waals surface area contributed by atoms with Gasteiger partial charge in [-0.2, -0.15) is 0 Å². The summed E-state index contributed by atoms with van der Waals surface area (Å²) in [6.07, 6.45) is -1.17. The Labute approximate surface area is 594 Å². The molecule has 0 bridgehead atoms. The molecule has 0 radical (unpaired) electrons. The fourth-order valence-electron chi connectivity index (χ4n) is 10.4. The number of carbonyl (C=O) groups is 15. The Bertz CT molecular complexity index is 3120. The van der Waals surface area contributed by atoms with Gasteiger partial charge in [-0.1, -0.05) is 12.1 Å². The highest BCUT2D eigenvalue weighted by molar-refractivity contribution is 6.00. The molecule has 103 heavy (non-hydrogen) atoms. The number of phenols is 1. The molecule has 1 aliphatic heterocycles. The Morgan fingerprint density at radius 3 is 1.22 bits per heavy atom. The number of nitrogens with one attached hydrogen (secondary N) is 11. The van der Waals surface area contributed by atoms with Crippen LogP contribution < -0.4 is 110 Å². The first-order valence-electron chi connectivity index (χ1n) is 33.6. The third kappa shape index (κ3) is 33.7. The number of likely N-dealkylation sites (tertiary alicyclic amines) is 1. The van der Waals surface area contributed by atoms with Crippen LogP contribution in [-0.2, 0) is 78.3 Å². The third-order valence-corrected chi connectivity index (χ3v) is 16.0. The van der Waals surface area contributed by atoms with Gasteiger partial charge in [-0.05, 0) is 135 Å². The molecule has 576 valence electrons. The SMILES string of the molecule is CC(=O)NC(C)C(=O)NC(C)C(=O)NC(CCC(N)=O)C(=O)NC(CCCCN)C(=O)NC(CCCN=C(N)N)C(=O)N1CCCC1C(=O)NC(CO)C(=O)NC(CCC(N)=O)C(=O)NC(CCCN=C(N)N)C(=O)NC(CO)C(=O)NC(CCCCN)C(=O)NC(Cc1ccc(O)cc1)C(N)=O. The minimum Gasteiger partial charge on any atom is -0.508 e. The number of aliphatic imine (C=N–C) groups is 2. The molecule has 2 rings (SSSR count). The molecule has 1 aliphatic rings. The maximum atomic E-state index is 14.7. The molecule has 1 heterocycles. The van der Waals surface area contributed by atoms with Gasteiger partial charge < -0.3 is 130 Å². The largest absolute Gasteiger partial charge is 0.508 e. The van der Waals surface area contributed by atoms with Gasteiger partial charge in [0.2, 0.25) is 88.6 Å². The molecular formula is C62H105N23O18. The van der Waals surface area contributed by atoms with E-state index in [1.54, 1.807) is 0 Å². The van der Waals surface area contributed by atoms with Crippen molar-refractivity contribution in [1.82, 2.24) is 63.4 Å². The Balaban J connectivity index is 2.46. The molecule has 15 amide bonds. The van der Waals surface area contributed by atoms with Crippen molar-refractivity contribution in [3.05, 3.63) is 29.8 Å². The van der Waals surface area contributed by atoms with E-state index in [0.29, 0.717) is 18.4 Å². The monoisotopic (exact) mass is 1460 g/mol. The van der Waals surface area contributed by atoms with E-state index in [1.807, 2.05) is 0 Å². The number of hydrogen-bond donors (Lipinski definition) is 23. The number of primary amides is 3. The summed E-state index contributed by atoms with van der Waals surface area (Å²) in [5.74, 6) is -14.8. The summed E-state index contributed by atoms with van der Waals surface area (Å²) in [5, 5.41) is 57.6. The average molecular weight is 1460 g/mol. The van der Waals surface area contributed by atoms with E-state index < -0.39 is 194 Å². The standard InChI is InChI=1S/C62H105N23O18/c1-32(74-34(3)88)50(93)75-33(2)51(94)76-40(20-22-47(65)90)55(98)77-37(11-4-6-24-63)52(95)81-42(14-9-27-73-62(70)71)60(103)85-28-10-15-46(85)59(102)84-45(31-87)58(101)80-41(21-23-48(66)91)56(99)78-39(13-8-26-72-61(68)69)54(97)83-44(30-86)57(100)79-38(12-5-7-25-64)53(96)82-43(49(67)92)29-35-16-18-36(89)19-17-35/h16-19,32-33,37-46,86-87,89H,4-15,20-31,63-64H2,1-3H3,(H2,65,90)(H2,66,91)(H2,67,92)(H,74,88)(H,75,93)(H,76,94)(H,77,98)(H,78,99)(H,79,100)(H,80,101)(H,81,95)(H,82,96)(H,83,97)(H,84,102)(H4,68,69,72)(H4,70,71,73). The van der Waals surface area contributed by atoms with Gasteiger partial charge in [0, 0.05) is 45.8 Å². The number of phenolic OH excluding ortho intramolecular Hbond substituents is 1. The quantitative estimate of drug-likeness (QED) is 0.0164. The number of nitrogens with zero attached hydrogens (tertiary/aromatic N) is 3. The number of nitrogens with two attached hydrogens (primary N) is 9. The lowest BCUT2D eigenvalue weighted by molar-refractivity contribution is -0.143. The third-order valence-electron chi connectivity index (χ3n) is 16.0. The number of carbonyl (C=O) groups excluding carboxylic acids is 15. The van der Waals surface area contributed by atoms with Crippen LogP contribution in [0.2, 0.25) is 0 Å². The Hall–Kier alpha value is -10.6. The first-order chi connectivity index (χ1) is 48.7. The summed E-state index contributed by atoms with van der Waals surface area (Å²) < 4.78 is 0. The summed E-state index contributed by atoms with van der Waals surface area (Å²) in [7, 11) is 0. The lowest BCUT2D eigenvalue weighted by Crippen LogP contribution is -2.61. The molecule has 12 atom stereocenters. The molecule has 41 nitrogen and oxygen atoms in total. The van der Waals surface area contributed by atoms with Crippen molar-refractivity contribution >= 4 is 101 Å². The topological polar surface area (TPSA) is 711 Å². The zero-order valence-electron chi connectivity index (χ0n) is 58.2. The highest BCUT2D eigenvalue weighted by atomic mass is 16.3. The van der Waals surface area contributed by atoms with E-state index in [1.165, 1.54) is 45.0 Å². The number of rotatable bonds is 49. The van der Waals surface area contributed by atoms with E-state index in [9.17, 15) is 87.2 Å². The highest BCUT2D eigenvalue weighted by Gasteiger charge is 2.41. The maximum absolute atomic E-state index is 14.7. The van der Waals surface area contributed by atoms with Crippen molar-refractivity contribution in [2.24, 2.45) is 61.6 Å². The molecule has 1 aromatic carbocycles. The highest BCUT2D eigenvalue weighted by Crippen LogP contribution is 2.21. The van der Waals surface area contributed by atoms with E-state index in [-0.39, 0.29) is 127 Å². The van der Waals surface area contributed by atoms with Crippen LogP contribution in [0.25, 0.3) is 0 Å². The lowest BCUT2D eigenvalue weighted by Gasteiger charge is -2.31. The molecule has 32 N–H and O–H groups in total. The number of aromatic hydroxyl groups is 1. The fraction of sp³-hybridized carbons (Fsp3) is 0.629. The molecule has 1 fully saturated rings. The summed E-state index contributed by atoms with van der Waals surface area (Å²) in [6.45, 7) is 1.75. The van der Waals surface area contributed by atoms with Gasteiger partial charge in [-0.15, -0.1) is 0 Å². The van der Waals surface area contributed by atoms with Crippen molar-refractivity contribution in [3.8, 4) is 5.75 Å². The molecule has 0 saturated carbocycles. The van der Waals surface area contributed by atoms with Crippen LogP contribution in [0, 0.1) is 0 Å². The normalized spacial score (nSPS) is 15.6. The molecule has 1 saturated heterocycles.